The number of carbonyl (C=O) groups excluding carboxylic acids is 1. The van der Waals surface area contributed by atoms with E-state index < -0.39 is 11.7 Å². The van der Waals surface area contributed by atoms with Crippen LogP contribution in [-0.4, -0.2) is 25.0 Å². The molecule has 1 saturated heterocycles. The minimum Gasteiger partial charge on any atom is -0.368 e. The highest BCUT2D eigenvalue weighted by molar-refractivity contribution is 5.99. The van der Waals surface area contributed by atoms with Crippen molar-refractivity contribution in [1.29, 1.82) is 0 Å². The summed E-state index contributed by atoms with van der Waals surface area (Å²) in [5.74, 6) is -0.914. The SMILES string of the molecule is CC1CCC(CN)CN1c1cccc(F)c1C(N)=O. The summed E-state index contributed by atoms with van der Waals surface area (Å²) in [6.45, 7) is 3.41. The number of primary amides is 1. The monoisotopic (exact) mass is 265 g/mol. The van der Waals surface area contributed by atoms with Gasteiger partial charge in [0.25, 0.3) is 5.91 Å². The molecule has 104 valence electrons. The summed E-state index contributed by atoms with van der Waals surface area (Å²) in [6, 6.07) is 4.87. The zero-order chi connectivity index (χ0) is 14.0. The fourth-order valence-electron chi connectivity index (χ4n) is 2.71. The molecule has 0 radical (unpaired) electrons. The quantitative estimate of drug-likeness (QED) is 0.869. The third kappa shape index (κ3) is 2.71. The van der Waals surface area contributed by atoms with Gasteiger partial charge in [0.15, 0.2) is 0 Å². The molecule has 1 heterocycles. The van der Waals surface area contributed by atoms with Crippen LogP contribution in [0.5, 0.6) is 0 Å². The van der Waals surface area contributed by atoms with E-state index in [1.54, 1.807) is 12.1 Å². The van der Waals surface area contributed by atoms with Crippen molar-refractivity contribution in [1.82, 2.24) is 0 Å². The Kier molecular flexibility index (Phi) is 4.04. The number of rotatable bonds is 3. The van der Waals surface area contributed by atoms with Crippen LogP contribution in [-0.2, 0) is 0 Å². The number of piperidine rings is 1. The van der Waals surface area contributed by atoms with Gasteiger partial charge in [-0.15, -0.1) is 0 Å². The van der Waals surface area contributed by atoms with Gasteiger partial charge < -0.3 is 16.4 Å². The lowest BCUT2D eigenvalue weighted by Crippen LogP contribution is -2.44. The fraction of sp³-hybridized carbons (Fsp3) is 0.500. The number of carbonyl (C=O) groups is 1. The Bertz CT molecular complexity index is 478. The maximum absolute atomic E-state index is 13.8. The lowest BCUT2D eigenvalue weighted by Gasteiger charge is -2.40. The van der Waals surface area contributed by atoms with Crippen molar-refractivity contribution in [3.05, 3.63) is 29.6 Å². The Morgan fingerprint density at radius 3 is 2.84 bits per heavy atom. The van der Waals surface area contributed by atoms with Gasteiger partial charge in [-0.1, -0.05) is 6.07 Å². The number of anilines is 1. The van der Waals surface area contributed by atoms with E-state index in [2.05, 4.69) is 6.92 Å². The molecule has 0 saturated carbocycles. The number of benzene rings is 1. The average molecular weight is 265 g/mol. The van der Waals surface area contributed by atoms with Crippen LogP contribution in [0.25, 0.3) is 0 Å². The Morgan fingerprint density at radius 1 is 1.47 bits per heavy atom. The summed E-state index contributed by atoms with van der Waals surface area (Å²) in [5.41, 5.74) is 11.6. The summed E-state index contributed by atoms with van der Waals surface area (Å²) in [6.07, 6.45) is 2.05. The first-order valence-corrected chi connectivity index (χ1v) is 6.59. The first-order valence-electron chi connectivity index (χ1n) is 6.59. The highest BCUT2D eigenvalue weighted by Crippen LogP contribution is 2.30. The average Bonchev–Trinajstić information content (AvgIpc) is 2.38. The zero-order valence-electron chi connectivity index (χ0n) is 11.1. The molecule has 1 aliphatic rings. The van der Waals surface area contributed by atoms with Crippen LogP contribution in [0.3, 0.4) is 0 Å². The van der Waals surface area contributed by atoms with Crippen LogP contribution < -0.4 is 16.4 Å². The topological polar surface area (TPSA) is 72.3 Å². The standard InChI is InChI=1S/C14H20FN3O/c1-9-5-6-10(7-16)8-18(9)12-4-2-3-11(15)13(12)14(17)19/h2-4,9-10H,5-8,16H2,1H3,(H2,17,19). The summed E-state index contributed by atoms with van der Waals surface area (Å²) >= 11 is 0. The van der Waals surface area contributed by atoms with E-state index in [1.165, 1.54) is 6.07 Å². The van der Waals surface area contributed by atoms with E-state index >= 15 is 0 Å². The Labute approximate surface area is 112 Å². The van der Waals surface area contributed by atoms with Gasteiger partial charge in [0, 0.05) is 12.6 Å². The molecule has 1 aromatic carbocycles. The van der Waals surface area contributed by atoms with Crippen LogP contribution in [0.4, 0.5) is 10.1 Å². The van der Waals surface area contributed by atoms with Crippen molar-refractivity contribution in [3.8, 4) is 0 Å². The number of nitrogens with zero attached hydrogens (tertiary/aromatic N) is 1. The molecule has 1 aromatic rings. The van der Waals surface area contributed by atoms with E-state index in [-0.39, 0.29) is 11.6 Å². The van der Waals surface area contributed by atoms with Crippen LogP contribution in [0.1, 0.15) is 30.1 Å². The molecule has 2 rings (SSSR count). The van der Waals surface area contributed by atoms with E-state index in [0.29, 0.717) is 18.2 Å². The summed E-state index contributed by atoms with van der Waals surface area (Å²) in [7, 11) is 0. The molecule has 1 amide bonds. The molecule has 5 heteroatoms. The summed E-state index contributed by atoms with van der Waals surface area (Å²) in [4.78, 5) is 13.5. The molecule has 1 fully saturated rings. The molecule has 2 atom stereocenters. The van der Waals surface area contributed by atoms with Gasteiger partial charge in [-0.05, 0) is 44.4 Å². The molecule has 0 spiro atoms. The molecule has 0 aliphatic carbocycles. The molecule has 19 heavy (non-hydrogen) atoms. The second kappa shape index (κ2) is 5.57. The third-order valence-electron chi connectivity index (χ3n) is 3.86. The van der Waals surface area contributed by atoms with Crippen LogP contribution in [0.15, 0.2) is 18.2 Å². The van der Waals surface area contributed by atoms with Crippen molar-refractivity contribution < 1.29 is 9.18 Å². The third-order valence-corrected chi connectivity index (χ3v) is 3.86. The van der Waals surface area contributed by atoms with Crippen LogP contribution >= 0.6 is 0 Å². The van der Waals surface area contributed by atoms with Crippen molar-refractivity contribution >= 4 is 11.6 Å². The molecule has 2 unspecified atom stereocenters. The minimum absolute atomic E-state index is 0.0213. The van der Waals surface area contributed by atoms with Crippen molar-refractivity contribution in [2.75, 3.05) is 18.0 Å². The van der Waals surface area contributed by atoms with E-state index in [0.717, 1.165) is 19.4 Å². The zero-order valence-corrected chi connectivity index (χ0v) is 11.1. The lowest BCUT2D eigenvalue weighted by atomic mass is 9.92. The highest BCUT2D eigenvalue weighted by atomic mass is 19.1. The summed E-state index contributed by atoms with van der Waals surface area (Å²) < 4.78 is 13.8. The predicted octanol–water partition coefficient (Wildman–Crippen LogP) is 1.49. The highest BCUT2D eigenvalue weighted by Gasteiger charge is 2.28. The molecule has 4 nitrogen and oxygen atoms in total. The number of hydrogen-bond acceptors (Lipinski definition) is 3. The van der Waals surface area contributed by atoms with E-state index in [1.807, 2.05) is 4.90 Å². The van der Waals surface area contributed by atoms with Gasteiger partial charge >= 0.3 is 0 Å². The van der Waals surface area contributed by atoms with Gasteiger partial charge in [0.2, 0.25) is 0 Å². The van der Waals surface area contributed by atoms with Gasteiger partial charge in [0.05, 0.1) is 11.3 Å². The Morgan fingerprint density at radius 2 is 2.21 bits per heavy atom. The predicted molar refractivity (Wildman–Crippen MR) is 73.5 cm³/mol. The van der Waals surface area contributed by atoms with Crippen molar-refractivity contribution in [2.45, 2.75) is 25.8 Å². The maximum Gasteiger partial charge on any atom is 0.253 e. The normalized spacial score (nSPS) is 23.4. The van der Waals surface area contributed by atoms with Crippen molar-refractivity contribution in [3.63, 3.8) is 0 Å². The first kappa shape index (κ1) is 13.8. The van der Waals surface area contributed by atoms with E-state index in [4.69, 9.17) is 11.5 Å². The van der Waals surface area contributed by atoms with Gasteiger partial charge in [-0.2, -0.15) is 0 Å². The maximum atomic E-state index is 13.8. The van der Waals surface area contributed by atoms with Crippen LogP contribution in [0, 0.1) is 11.7 Å². The number of halogens is 1. The Balaban J connectivity index is 2.39. The molecular weight excluding hydrogens is 245 g/mol. The van der Waals surface area contributed by atoms with E-state index in [9.17, 15) is 9.18 Å². The first-order chi connectivity index (χ1) is 9.04. The summed E-state index contributed by atoms with van der Waals surface area (Å²) in [5, 5.41) is 0. The molecule has 0 bridgehead atoms. The lowest BCUT2D eigenvalue weighted by molar-refractivity contribution is 0.0996. The Hall–Kier alpha value is -1.62. The second-order valence-corrected chi connectivity index (χ2v) is 5.18. The van der Waals surface area contributed by atoms with Gasteiger partial charge in [-0.3, -0.25) is 4.79 Å². The van der Waals surface area contributed by atoms with Gasteiger partial charge in [-0.25, -0.2) is 4.39 Å². The number of amides is 1. The van der Waals surface area contributed by atoms with Gasteiger partial charge in [0.1, 0.15) is 5.82 Å². The number of nitrogens with two attached hydrogens (primary N) is 2. The second-order valence-electron chi connectivity index (χ2n) is 5.18. The number of hydrogen-bond donors (Lipinski definition) is 2. The minimum atomic E-state index is -0.727. The molecular formula is C14H20FN3O. The molecule has 4 N–H and O–H groups in total. The van der Waals surface area contributed by atoms with Crippen LogP contribution in [0.2, 0.25) is 0 Å². The molecule has 1 aliphatic heterocycles. The van der Waals surface area contributed by atoms with Crippen molar-refractivity contribution in [2.24, 2.45) is 17.4 Å². The smallest absolute Gasteiger partial charge is 0.253 e. The fourth-order valence-corrected chi connectivity index (χ4v) is 2.71. The largest absolute Gasteiger partial charge is 0.368 e. The molecule has 0 aromatic heterocycles.